The predicted molar refractivity (Wildman–Crippen MR) is 119 cm³/mol. The Morgan fingerprint density at radius 1 is 1.16 bits per heavy atom. The third-order valence-electron chi connectivity index (χ3n) is 5.92. The van der Waals surface area contributed by atoms with Gasteiger partial charge in [0.2, 0.25) is 23.6 Å². The first-order valence-electron chi connectivity index (χ1n) is 11.1. The van der Waals surface area contributed by atoms with Crippen molar-refractivity contribution in [3.8, 4) is 11.5 Å². The lowest BCUT2D eigenvalue weighted by molar-refractivity contribution is -0.140. The van der Waals surface area contributed by atoms with Gasteiger partial charge in [-0.1, -0.05) is 45.9 Å². The summed E-state index contributed by atoms with van der Waals surface area (Å²) in [5.74, 6) is -0.346. The lowest BCUT2D eigenvalue weighted by Gasteiger charge is -2.31. The van der Waals surface area contributed by atoms with Crippen molar-refractivity contribution < 1.29 is 19.1 Å². The number of rotatable bonds is 8. The molecule has 1 saturated heterocycles. The highest BCUT2D eigenvalue weighted by Crippen LogP contribution is 2.26. The number of aliphatic hydroxyl groups excluding tert-OH is 1. The SMILES string of the molecule is CC(C)C(NC(=O)[C@H]1CCCN1C(=O)[C@@H](N)C(C)C)[C@H](O)c1nnc(-c2ccccc2)o1. The van der Waals surface area contributed by atoms with Gasteiger partial charge in [0.25, 0.3) is 0 Å². The Morgan fingerprint density at radius 2 is 1.84 bits per heavy atom. The van der Waals surface area contributed by atoms with Crippen LogP contribution >= 0.6 is 0 Å². The molecule has 4 N–H and O–H groups in total. The van der Waals surface area contributed by atoms with Gasteiger partial charge in [0.15, 0.2) is 6.10 Å². The van der Waals surface area contributed by atoms with Crippen LogP contribution < -0.4 is 11.1 Å². The van der Waals surface area contributed by atoms with Crippen LogP contribution in [0.1, 0.15) is 52.5 Å². The molecule has 1 aliphatic rings. The Kier molecular flexibility index (Phi) is 7.63. The maximum absolute atomic E-state index is 13.1. The Bertz CT molecular complexity index is 914. The minimum absolute atomic E-state index is 0.0200. The van der Waals surface area contributed by atoms with Gasteiger partial charge in [-0.3, -0.25) is 9.59 Å². The second-order valence-corrected chi connectivity index (χ2v) is 8.99. The third kappa shape index (κ3) is 5.16. The average Bonchev–Trinajstić information content (AvgIpc) is 3.46. The van der Waals surface area contributed by atoms with Gasteiger partial charge in [-0.25, -0.2) is 0 Å². The highest BCUT2D eigenvalue weighted by atomic mass is 16.4. The van der Waals surface area contributed by atoms with Crippen LogP contribution in [0, 0.1) is 11.8 Å². The van der Waals surface area contributed by atoms with Gasteiger partial charge in [0.05, 0.1) is 12.1 Å². The number of aliphatic hydroxyl groups is 1. The van der Waals surface area contributed by atoms with E-state index in [1.807, 2.05) is 58.0 Å². The van der Waals surface area contributed by atoms with E-state index in [9.17, 15) is 14.7 Å². The molecule has 1 unspecified atom stereocenters. The molecule has 1 fully saturated rings. The Labute approximate surface area is 188 Å². The van der Waals surface area contributed by atoms with Crippen molar-refractivity contribution in [2.24, 2.45) is 17.6 Å². The highest BCUT2D eigenvalue weighted by Gasteiger charge is 2.39. The highest BCUT2D eigenvalue weighted by molar-refractivity contribution is 5.90. The normalized spacial score (nSPS) is 19.2. The summed E-state index contributed by atoms with van der Waals surface area (Å²) in [4.78, 5) is 27.4. The molecule has 0 bridgehead atoms. The molecule has 1 aromatic heterocycles. The summed E-state index contributed by atoms with van der Waals surface area (Å²) in [5.41, 5.74) is 6.78. The lowest BCUT2D eigenvalue weighted by Crippen LogP contribution is -2.55. The molecule has 2 amide bonds. The summed E-state index contributed by atoms with van der Waals surface area (Å²) in [6, 6.07) is 7.33. The van der Waals surface area contributed by atoms with Gasteiger partial charge in [0, 0.05) is 12.1 Å². The van der Waals surface area contributed by atoms with Crippen LogP contribution in [0.15, 0.2) is 34.7 Å². The Morgan fingerprint density at radius 3 is 2.47 bits per heavy atom. The minimum Gasteiger partial charge on any atom is -0.418 e. The van der Waals surface area contributed by atoms with Crippen LogP contribution in [0.2, 0.25) is 0 Å². The van der Waals surface area contributed by atoms with E-state index in [0.29, 0.717) is 18.9 Å². The van der Waals surface area contributed by atoms with Crippen LogP contribution in [0.4, 0.5) is 0 Å². The largest absolute Gasteiger partial charge is 0.418 e. The van der Waals surface area contributed by atoms with Crippen LogP contribution in [-0.4, -0.2) is 56.7 Å². The molecule has 32 heavy (non-hydrogen) atoms. The molecule has 1 aliphatic heterocycles. The van der Waals surface area contributed by atoms with E-state index in [0.717, 1.165) is 12.0 Å². The predicted octanol–water partition coefficient (Wildman–Crippen LogP) is 1.89. The van der Waals surface area contributed by atoms with Crippen LogP contribution in [-0.2, 0) is 9.59 Å². The number of hydrogen-bond acceptors (Lipinski definition) is 7. The van der Waals surface area contributed by atoms with Crippen molar-refractivity contribution in [1.82, 2.24) is 20.4 Å². The molecule has 9 heteroatoms. The lowest BCUT2D eigenvalue weighted by atomic mass is 9.97. The number of amides is 2. The van der Waals surface area contributed by atoms with Crippen molar-refractivity contribution in [3.05, 3.63) is 36.2 Å². The molecule has 0 saturated carbocycles. The number of nitrogens with zero attached hydrogens (tertiary/aromatic N) is 3. The van der Waals surface area contributed by atoms with E-state index < -0.39 is 24.2 Å². The molecular formula is C23H33N5O4. The van der Waals surface area contributed by atoms with Gasteiger partial charge < -0.3 is 25.5 Å². The second kappa shape index (κ2) is 10.2. The summed E-state index contributed by atoms with van der Waals surface area (Å²) < 4.78 is 5.68. The fraction of sp³-hybridized carbons (Fsp3) is 0.565. The van der Waals surface area contributed by atoms with Gasteiger partial charge >= 0.3 is 0 Å². The van der Waals surface area contributed by atoms with Crippen LogP contribution in [0.3, 0.4) is 0 Å². The van der Waals surface area contributed by atoms with E-state index in [4.69, 9.17) is 10.2 Å². The smallest absolute Gasteiger partial charge is 0.247 e. The molecule has 0 spiro atoms. The molecule has 2 heterocycles. The van der Waals surface area contributed by atoms with Crippen molar-refractivity contribution in [1.29, 1.82) is 0 Å². The molecule has 3 rings (SSSR count). The van der Waals surface area contributed by atoms with Crippen molar-refractivity contribution >= 4 is 11.8 Å². The monoisotopic (exact) mass is 443 g/mol. The number of aromatic nitrogens is 2. The number of likely N-dealkylation sites (tertiary alicyclic amines) is 1. The maximum atomic E-state index is 13.1. The number of benzene rings is 1. The van der Waals surface area contributed by atoms with Gasteiger partial charge in [0.1, 0.15) is 6.04 Å². The summed E-state index contributed by atoms with van der Waals surface area (Å²) in [5, 5.41) is 21.8. The standard InChI is InChI=1S/C23H33N5O4/c1-13(2)17(24)23(31)28-12-8-11-16(28)20(30)25-18(14(3)4)19(29)22-27-26-21(32-22)15-9-6-5-7-10-15/h5-7,9-10,13-14,16-19,29H,8,11-12,24H2,1-4H3,(H,25,30)/t16-,17+,18?,19+/m1/s1. The molecule has 174 valence electrons. The first-order valence-corrected chi connectivity index (χ1v) is 11.1. The molecule has 0 radical (unpaired) electrons. The van der Waals surface area contributed by atoms with Crippen LogP contribution in [0.5, 0.6) is 0 Å². The summed E-state index contributed by atoms with van der Waals surface area (Å²) in [6.07, 6.45) is 0.0997. The first-order chi connectivity index (χ1) is 15.2. The van der Waals surface area contributed by atoms with Gasteiger partial charge in [-0.05, 0) is 36.8 Å². The fourth-order valence-electron chi connectivity index (χ4n) is 3.86. The molecule has 1 aromatic carbocycles. The van der Waals surface area contributed by atoms with Crippen molar-refractivity contribution in [2.75, 3.05) is 6.54 Å². The third-order valence-corrected chi connectivity index (χ3v) is 5.92. The summed E-state index contributed by atoms with van der Waals surface area (Å²) >= 11 is 0. The summed E-state index contributed by atoms with van der Waals surface area (Å²) in [7, 11) is 0. The number of nitrogens with one attached hydrogen (secondary N) is 1. The van der Waals surface area contributed by atoms with E-state index in [1.54, 1.807) is 4.90 Å². The first kappa shape index (κ1) is 23.9. The topological polar surface area (TPSA) is 135 Å². The number of carbonyl (C=O) groups is 2. The number of carbonyl (C=O) groups excluding carboxylic acids is 2. The quantitative estimate of drug-likeness (QED) is 0.567. The molecule has 2 aromatic rings. The van der Waals surface area contributed by atoms with Gasteiger partial charge in [-0.15, -0.1) is 10.2 Å². The van der Waals surface area contributed by atoms with E-state index in [1.165, 1.54) is 0 Å². The maximum Gasteiger partial charge on any atom is 0.247 e. The number of nitrogens with two attached hydrogens (primary N) is 1. The van der Waals surface area contributed by atoms with E-state index in [2.05, 4.69) is 15.5 Å². The van der Waals surface area contributed by atoms with Crippen molar-refractivity contribution in [2.45, 2.75) is 64.8 Å². The van der Waals surface area contributed by atoms with E-state index >= 15 is 0 Å². The molecule has 9 nitrogen and oxygen atoms in total. The zero-order chi connectivity index (χ0) is 23.4. The Balaban J connectivity index is 1.73. The summed E-state index contributed by atoms with van der Waals surface area (Å²) in [6.45, 7) is 8.03. The van der Waals surface area contributed by atoms with Crippen LogP contribution in [0.25, 0.3) is 11.5 Å². The minimum atomic E-state index is -1.19. The fourth-order valence-corrected chi connectivity index (χ4v) is 3.86. The molecule has 0 aliphatic carbocycles. The Hall–Kier alpha value is -2.78. The van der Waals surface area contributed by atoms with Gasteiger partial charge in [-0.2, -0.15) is 0 Å². The zero-order valence-electron chi connectivity index (χ0n) is 19.1. The zero-order valence-corrected chi connectivity index (χ0v) is 19.1. The molecule has 4 atom stereocenters. The average molecular weight is 444 g/mol. The van der Waals surface area contributed by atoms with Crippen molar-refractivity contribution in [3.63, 3.8) is 0 Å². The second-order valence-electron chi connectivity index (χ2n) is 8.99. The number of hydrogen-bond donors (Lipinski definition) is 3. The molecular weight excluding hydrogens is 410 g/mol. The van der Waals surface area contributed by atoms with E-state index in [-0.39, 0.29) is 29.5 Å².